The van der Waals surface area contributed by atoms with Crippen molar-refractivity contribution in [3.63, 3.8) is 0 Å². The highest BCUT2D eigenvalue weighted by atomic mass is 15.2. The molecule has 0 fully saturated rings. The molecule has 0 aliphatic carbocycles. The van der Waals surface area contributed by atoms with E-state index in [1.54, 1.807) is 0 Å². The fourth-order valence-electron chi connectivity index (χ4n) is 8.87. The predicted octanol–water partition coefficient (Wildman–Crippen LogP) is 8.01. The lowest BCUT2D eigenvalue weighted by molar-refractivity contribution is 1.05. The Kier molecular flexibility index (Phi) is 4.04. The van der Waals surface area contributed by atoms with Gasteiger partial charge in [-0.2, -0.15) is 0 Å². The molecule has 44 heavy (non-hydrogen) atoms. The number of para-hydroxylation sites is 5. The summed E-state index contributed by atoms with van der Waals surface area (Å²) in [5, 5.41) is 6.68. The SMILES string of the molecule is Cc1c(C)n2c3c(cccc13)B1c3ccccc3N(c3ccccc3)c3c1c-2c1c2ccccc2n2c4ccccc4c3c12. The summed E-state index contributed by atoms with van der Waals surface area (Å²) < 4.78 is 5.15. The second-order valence-electron chi connectivity index (χ2n) is 12.5. The molecule has 3 aromatic heterocycles. The van der Waals surface area contributed by atoms with Crippen LogP contribution in [0.4, 0.5) is 17.1 Å². The van der Waals surface area contributed by atoms with Crippen molar-refractivity contribution in [2.45, 2.75) is 13.8 Å². The summed E-state index contributed by atoms with van der Waals surface area (Å²) >= 11 is 0. The molecule has 0 saturated heterocycles. The fraction of sp³-hybridized carbons (Fsp3) is 0.0500. The average Bonchev–Trinajstić information content (AvgIpc) is 3.68. The standard InChI is InChI=1S/C40H26BN3/c1-23-24(2)42-37-26(23)17-12-19-30(37)41-29-18-8-11-22-33(29)43(25-13-4-3-5-14-25)40-35-28-16-7-10-21-32(28)44-31-20-9-6-15-27(31)34(38(35)44)39(42)36(40)41/h3-22H,1-2H3. The Bertz CT molecular complexity index is 2690. The number of benzene rings is 6. The van der Waals surface area contributed by atoms with Gasteiger partial charge in [-0.3, -0.25) is 0 Å². The first-order chi connectivity index (χ1) is 21.7. The van der Waals surface area contributed by atoms with Gasteiger partial charge >= 0.3 is 0 Å². The van der Waals surface area contributed by atoms with Crippen LogP contribution in [0.3, 0.4) is 0 Å². The van der Waals surface area contributed by atoms with Gasteiger partial charge in [0.25, 0.3) is 6.71 Å². The van der Waals surface area contributed by atoms with E-state index in [1.165, 1.54) is 99.4 Å². The second kappa shape index (κ2) is 7.72. The van der Waals surface area contributed by atoms with Crippen LogP contribution in [0.1, 0.15) is 11.3 Å². The van der Waals surface area contributed by atoms with Crippen LogP contribution in [0.2, 0.25) is 0 Å². The van der Waals surface area contributed by atoms with Gasteiger partial charge in [0.1, 0.15) is 0 Å². The molecule has 0 bridgehead atoms. The van der Waals surface area contributed by atoms with E-state index >= 15 is 0 Å². The third-order valence-corrected chi connectivity index (χ3v) is 10.6. The van der Waals surface area contributed by atoms with Crippen LogP contribution in [0.15, 0.2) is 121 Å². The maximum atomic E-state index is 2.62. The molecule has 6 aromatic carbocycles. The van der Waals surface area contributed by atoms with Crippen LogP contribution >= 0.6 is 0 Å². The molecule has 9 aromatic rings. The van der Waals surface area contributed by atoms with Crippen LogP contribution in [0.5, 0.6) is 0 Å². The minimum absolute atomic E-state index is 0.122. The molecule has 11 rings (SSSR count). The zero-order chi connectivity index (χ0) is 28.8. The van der Waals surface area contributed by atoms with Gasteiger partial charge in [0, 0.05) is 49.5 Å². The summed E-state index contributed by atoms with van der Waals surface area (Å²) in [5.74, 6) is 0. The normalized spacial score (nSPS) is 13.6. The Morgan fingerprint density at radius 1 is 0.523 bits per heavy atom. The number of aryl methyl sites for hydroxylation is 1. The molecular weight excluding hydrogens is 533 g/mol. The van der Waals surface area contributed by atoms with E-state index in [1.807, 2.05) is 0 Å². The summed E-state index contributed by atoms with van der Waals surface area (Å²) in [6.45, 7) is 4.73. The Hall–Kier alpha value is -5.48. The summed E-state index contributed by atoms with van der Waals surface area (Å²) in [6.07, 6.45) is 0. The maximum Gasteiger partial charge on any atom is 0.252 e. The molecule has 0 atom stereocenters. The largest absolute Gasteiger partial charge is 0.314 e. The van der Waals surface area contributed by atoms with E-state index < -0.39 is 0 Å². The van der Waals surface area contributed by atoms with Crippen LogP contribution < -0.4 is 21.3 Å². The monoisotopic (exact) mass is 559 g/mol. The highest BCUT2D eigenvalue weighted by Gasteiger charge is 2.45. The molecule has 2 aliphatic rings. The molecule has 3 nitrogen and oxygen atoms in total. The van der Waals surface area contributed by atoms with E-state index in [-0.39, 0.29) is 6.71 Å². The molecule has 0 unspecified atom stereocenters. The van der Waals surface area contributed by atoms with E-state index in [9.17, 15) is 0 Å². The zero-order valence-corrected chi connectivity index (χ0v) is 24.5. The molecule has 5 heterocycles. The predicted molar refractivity (Wildman–Crippen MR) is 187 cm³/mol. The van der Waals surface area contributed by atoms with Crippen molar-refractivity contribution in [3.8, 4) is 5.69 Å². The van der Waals surface area contributed by atoms with Gasteiger partial charge in [-0.05, 0) is 66.1 Å². The maximum absolute atomic E-state index is 2.62. The first-order valence-electron chi connectivity index (χ1n) is 15.5. The lowest BCUT2D eigenvalue weighted by atomic mass is 9.33. The van der Waals surface area contributed by atoms with Crippen LogP contribution in [0, 0.1) is 13.8 Å². The van der Waals surface area contributed by atoms with Gasteiger partial charge in [-0.1, -0.05) is 91.0 Å². The Morgan fingerprint density at radius 2 is 1.14 bits per heavy atom. The molecule has 204 valence electrons. The van der Waals surface area contributed by atoms with Gasteiger partial charge in [0.2, 0.25) is 0 Å². The lowest BCUT2D eigenvalue weighted by Crippen LogP contribution is -2.60. The van der Waals surface area contributed by atoms with Gasteiger partial charge in [-0.15, -0.1) is 0 Å². The molecule has 4 heteroatoms. The average molecular weight is 559 g/mol. The van der Waals surface area contributed by atoms with Crippen molar-refractivity contribution in [3.05, 3.63) is 133 Å². The molecule has 0 saturated carbocycles. The van der Waals surface area contributed by atoms with Gasteiger partial charge in [0.05, 0.1) is 27.9 Å². The molecule has 0 spiro atoms. The number of fused-ring (bicyclic) bond motifs is 12. The van der Waals surface area contributed by atoms with Crippen LogP contribution in [0.25, 0.3) is 54.7 Å². The number of anilines is 3. The highest BCUT2D eigenvalue weighted by molar-refractivity contribution is 7.00. The Morgan fingerprint density at radius 3 is 1.91 bits per heavy atom. The number of rotatable bonds is 1. The van der Waals surface area contributed by atoms with Gasteiger partial charge in [0.15, 0.2) is 0 Å². The zero-order valence-electron chi connectivity index (χ0n) is 24.5. The first-order valence-corrected chi connectivity index (χ1v) is 15.5. The van der Waals surface area contributed by atoms with E-state index in [2.05, 4.69) is 149 Å². The topological polar surface area (TPSA) is 12.6 Å². The summed E-state index contributed by atoms with van der Waals surface area (Å²) in [7, 11) is 0. The van der Waals surface area contributed by atoms with Gasteiger partial charge in [-0.25, -0.2) is 0 Å². The second-order valence-corrected chi connectivity index (χ2v) is 12.5. The molecule has 0 N–H and O–H groups in total. The number of hydrogen-bond acceptors (Lipinski definition) is 1. The van der Waals surface area contributed by atoms with Crippen molar-refractivity contribution in [1.82, 2.24) is 8.97 Å². The molecular formula is C40H26BN3. The van der Waals surface area contributed by atoms with Crippen LogP contribution in [-0.2, 0) is 0 Å². The molecule has 0 radical (unpaired) electrons. The summed E-state index contributed by atoms with van der Waals surface area (Å²) in [4.78, 5) is 2.56. The number of nitrogens with zero attached hydrogens (tertiary/aromatic N) is 3. The minimum Gasteiger partial charge on any atom is -0.314 e. The van der Waals surface area contributed by atoms with Crippen molar-refractivity contribution in [2.75, 3.05) is 4.90 Å². The van der Waals surface area contributed by atoms with E-state index in [0.717, 1.165) is 0 Å². The lowest BCUT2D eigenvalue weighted by Gasteiger charge is -2.41. The third-order valence-electron chi connectivity index (χ3n) is 10.6. The van der Waals surface area contributed by atoms with E-state index in [0.29, 0.717) is 0 Å². The summed E-state index contributed by atoms with van der Waals surface area (Å²) in [6, 6.07) is 45.1. The van der Waals surface area contributed by atoms with Crippen molar-refractivity contribution >= 4 is 89.2 Å². The highest BCUT2D eigenvalue weighted by Crippen LogP contribution is 2.51. The Balaban J connectivity index is 1.52. The van der Waals surface area contributed by atoms with E-state index in [4.69, 9.17) is 0 Å². The number of aromatic nitrogens is 2. The van der Waals surface area contributed by atoms with Crippen molar-refractivity contribution in [1.29, 1.82) is 0 Å². The van der Waals surface area contributed by atoms with Crippen molar-refractivity contribution in [2.24, 2.45) is 0 Å². The van der Waals surface area contributed by atoms with Gasteiger partial charge < -0.3 is 13.9 Å². The quantitative estimate of drug-likeness (QED) is 0.186. The fourth-order valence-corrected chi connectivity index (χ4v) is 8.87. The third kappa shape index (κ3) is 2.44. The van der Waals surface area contributed by atoms with Crippen LogP contribution in [-0.4, -0.2) is 15.7 Å². The molecule has 0 amide bonds. The number of hydrogen-bond donors (Lipinski definition) is 0. The van der Waals surface area contributed by atoms with Crippen molar-refractivity contribution < 1.29 is 0 Å². The minimum atomic E-state index is 0.122. The molecule has 2 aliphatic heterocycles. The first kappa shape index (κ1) is 23.0. The summed E-state index contributed by atoms with van der Waals surface area (Å²) in [5.41, 5.74) is 17.2. The smallest absolute Gasteiger partial charge is 0.252 e. The Labute approximate surface area is 254 Å².